The summed E-state index contributed by atoms with van der Waals surface area (Å²) in [6.45, 7) is 7.80. The zero-order chi connectivity index (χ0) is 20.6. The van der Waals surface area contributed by atoms with Crippen molar-refractivity contribution in [3.8, 4) is 11.3 Å². The number of hydrogen-bond acceptors (Lipinski definition) is 6. The summed E-state index contributed by atoms with van der Waals surface area (Å²) in [5.74, 6) is 0. The Labute approximate surface area is 174 Å². The maximum atomic E-state index is 12.7. The Kier molecular flexibility index (Phi) is 5.23. The van der Waals surface area contributed by atoms with E-state index < -0.39 is 5.60 Å². The number of ether oxygens (including phenoxy) is 1. The van der Waals surface area contributed by atoms with Crippen molar-refractivity contribution in [3.63, 3.8) is 0 Å². The van der Waals surface area contributed by atoms with Crippen LogP contribution in [0.25, 0.3) is 16.2 Å². The molecule has 1 fully saturated rings. The fourth-order valence-electron chi connectivity index (χ4n) is 3.60. The minimum atomic E-state index is -0.506. The molecule has 2 aromatic heterocycles. The van der Waals surface area contributed by atoms with Crippen LogP contribution in [0.1, 0.15) is 26.5 Å². The molecular formula is C21H27N5O2S. The Bertz CT molecular complexity index is 1020. The average molecular weight is 414 g/mol. The maximum Gasteiger partial charge on any atom is 0.410 e. The van der Waals surface area contributed by atoms with Gasteiger partial charge in [0.1, 0.15) is 5.60 Å². The molecule has 3 N–H and O–H groups in total. The Morgan fingerprint density at radius 1 is 1.38 bits per heavy atom. The van der Waals surface area contributed by atoms with Crippen LogP contribution in [0, 0.1) is 0 Å². The van der Waals surface area contributed by atoms with Gasteiger partial charge in [0.2, 0.25) is 0 Å². The van der Waals surface area contributed by atoms with Crippen LogP contribution >= 0.6 is 11.3 Å². The Morgan fingerprint density at radius 2 is 2.17 bits per heavy atom. The third-order valence-electron chi connectivity index (χ3n) is 4.92. The van der Waals surface area contributed by atoms with E-state index in [0.29, 0.717) is 13.0 Å². The Hall–Kier alpha value is -2.58. The van der Waals surface area contributed by atoms with Crippen LogP contribution in [0.15, 0.2) is 35.8 Å². The van der Waals surface area contributed by atoms with Crippen LogP contribution in [0.3, 0.4) is 0 Å². The van der Waals surface area contributed by atoms with E-state index in [1.165, 1.54) is 0 Å². The van der Waals surface area contributed by atoms with Gasteiger partial charge in [0.15, 0.2) is 4.96 Å². The van der Waals surface area contributed by atoms with Crippen molar-refractivity contribution in [2.75, 3.05) is 25.4 Å². The van der Waals surface area contributed by atoms with E-state index >= 15 is 0 Å². The largest absolute Gasteiger partial charge is 0.444 e. The number of hydrogen-bond donors (Lipinski definition) is 2. The summed E-state index contributed by atoms with van der Waals surface area (Å²) in [6.07, 6.45) is 2.46. The highest BCUT2D eigenvalue weighted by Gasteiger charge is 2.31. The number of nitrogens with two attached hydrogens (primary N) is 1. The highest BCUT2D eigenvalue weighted by molar-refractivity contribution is 7.15. The number of benzene rings is 1. The van der Waals surface area contributed by atoms with E-state index in [1.54, 1.807) is 11.3 Å². The average Bonchev–Trinajstić information content (AvgIpc) is 3.21. The summed E-state index contributed by atoms with van der Waals surface area (Å²) < 4.78 is 7.68. The first-order chi connectivity index (χ1) is 13.8. The summed E-state index contributed by atoms with van der Waals surface area (Å²) in [6, 6.07) is 7.85. The molecule has 1 aromatic carbocycles. The third kappa shape index (κ3) is 4.23. The molecule has 3 heterocycles. The number of rotatable bonds is 3. The van der Waals surface area contributed by atoms with Crippen molar-refractivity contribution >= 4 is 28.1 Å². The lowest BCUT2D eigenvalue weighted by atomic mass is 10.1. The van der Waals surface area contributed by atoms with Gasteiger partial charge < -0.3 is 20.7 Å². The second-order valence-electron chi connectivity index (χ2n) is 8.33. The molecule has 0 radical (unpaired) electrons. The molecule has 3 aromatic rings. The molecule has 1 amide bonds. The molecule has 0 aliphatic carbocycles. The van der Waals surface area contributed by atoms with Crippen molar-refractivity contribution in [1.82, 2.24) is 19.6 Å². The van der Waals surface area contributed by atoms with Crippen LogP contribution < -0.4 is 11.1 Å². The number of carbonyl (C=O) groups is 1. The lowest BCUT2D eigenvalue weighted by Crippen LogP contribution is -2.55. The number of thiazole rings is 1. The van der Waals surface area contributed by atoms with Gasteiger partial charge in [0, 0.05) is 48.9 Å². The normalized spacial score (nSPS) is 17.6. The maximum absolute atomic E-state index is 12.7. The van der Waals surface area contributed by atoms with Crippen molar-refractivity contribution in [2.24, 2.45) is 0 Å². The molecule has 154 valence electrons. The zero-order valence-corrected chi connectivity index (χ0v) is 17.8. The lowest BCUT2D eigenvalue weighted by Gasteiger charge is -2.36. The van der Waals surface area contributed by atoms with Crippen LogP contribution in [0.4, 0.5) is 10.5 Å². The number of imidazole rings is 1. The van der Waals surface area contributed by atoms with Gasteiger partial charge in [0.25, 0.3) is 0 Å². The van der Waals surface area contributed by atoms with Gasteiger partial charge in [-0.2, -0.15) is 0 Å². The molecule has 1 atom stereocenters. The van der Waals surface area contributed by atoms with Crippen LogP contribution in [-0.2, 0) is 11.2 Å². The van der Waals surface area contributed by atoms with Crippen molar-refractivity contribution < 1.29 is 9.53 Å². The Morgan fingerprint density at radius 3 is 2.93 bits per heavy atom. The summed E-state index contributed by atoms with van der Waals surface area (Å²) >= 11 is 1.59. The van der Waals surface area contributed by atoms with Crippen LogP contribution in [-0.4, -0.2) is 51.7 Å². The lowest BCUT2D eigenvalue weighted by molar-refractivity contribution is 0.0121. The van der Waals surface area contributed by atoms with E-state index in [4.69, 9.17) is 15.5 Å². The van der Waals surface area contributed by atoms with Gasteiger partial charge in [0.05, 0.1) is 17.4 Å². The summed E-state index contributed by atoms with van der Waals surface area (Å²) in [7, 11) is 0. The molecule has 0 bridgehead atoms. The fraction of sp³-hybridized carbons (Fsp3) is 0.429. The monoisotopic (exact) mass is 413 g/mol. The smallest absolute Gasteiger partial charge is 0.410 e. The van der Waals surface area contributed by atoms with E-state index in [9.17, 15) is 4.79 Å². The first-order valence-electron chi connectivity index (χ1n) is 9.82. The molecule has 4 rings (SSSR count). The molecule has 0 spiro atoms. The summed E-state index contributed by atoms with van der Waals surface area (Å²) in [5, 5.41) is 5.45. The van der Waals surface area contributed by atoms with E-state index in [0.717, 1.165) is 40.7 Å². The number of nitrogen functional groups attached to an aromatic ring is 1. The summed E-state index contributed by atoms with van der Waals surface area (Å²) in [5.41, 5.74) is 9.39. The predicted molar refractivity (Wildman–Crippen MR) is 116 cm³/mol. The molecular weight excluding hydrogens is 386 g/mol. The highest BCUT2D eigenvalue weighted by Crippen LogP contribution is 2.30. The SMILES string of the molecule is CC(C)(C)OC(=O)N1CCNCC1Cc1cn2c(-c3ccccc3N)csc2n1. The molecule has 1 saturated heterocycles. The number of para-hydroxylation sites is 1. The molecule has 8 heteroatoms. The zero-order valence-electron chi connectivity index (χ0n) is 17.0. The standard InChI is InChI=1S/C21H27N5O2S/c1-21(2,3)28-20(27)25-9-8-23-11-15(25)10-14-12-26-18(13-29-19(26)24-14)16-6-4-5-7-17(16)22/h4-7,12-13,15,23H,8-11,22H2,1-3H3. The molecule has 1 aliphatic rings. The van der Waals surface area contributed by atoms with Gasteiger partial charge in [-0.05, 0) is 26.8 Å². The predicted octanol–water partition coefficient (Wildman–Crippen LogP) is 3.40. The summed E-state index contributed by atoms with van der Waals surface area (Å²) in [4.78, 5) is 20.2. The number of nitrogens with zero attached hydrogens (tertiary/aromatic N) is 3. The minimum absolute atomic E-state index is 0.00782. The van der Waals surface area contributed by atoms with Crippen LogP contribution in [0.5, 0.6) is 0 Å². The second-order valence-corrected chi connectivity index (χ2v) is 9.17. The van der Waals surface area contributed by atoms with Crippen LogP contribution in [0.2, 0.25) is 0 Å². The first kappa shape index (κ1) is 19.7. The number of piperazine rings is 1. The first-order valence-corrected chi connectivity index (χ1v) is 10.7. The number of amides is 1. The van der Waals surface area contributed by atoms with Crippen molar-refractivity contribution in [2.45, 2.75) is 38.8 Å². The number of fused-ring (bicyclic) bond motifs is 1. The molecule has 1 aliphatic heterocycles. The van der Waals surface area contributed by atoms with Gasteiger partial charge in [-0.15, -0.1) is 11.3 Å². The molecule has 7 nitrogen and oxygen atoms in total. The number of nitrogens with one attached hydrogen (secondary N) is 1. The number of carbonyl (C=O) groups excluding carboxylic acids is 1. The highest BCUT2D eigenvalue weighted by atomic mass is 32.1. The van der Waals surface area contributed by atoms with E-state index in [2.05, 4.69) is 21.3 Å². The Balaban J connectivity index is 1.57. The minimum Gasteiger partial charge on any atom is -0.444 e. The van der Waals surface area contributed by atoms with Crippen molar-refractivity contribution in [1.29, 1.82) is 0 Å². The molecule has 29 heavy (non-hydrogen) atoms. The van der Waals surface area contributed by atoms with Crippen molar-refractivity contribution in [3.05, 3.63) is 41.5 Å². The fourth-order valence-corrected chi connectivity index (χ4v) is 4.49. The molecule has 0 saturated carbocycles. The van der Waals surface area contributed by atoms with Gasteiger partial charge in [-0.25, -0.2) is 9.78 Å². The molecule has 1 unspecified atom stereocenters. The number of anilines is 1. The van der Waals surface area contributed by atoms with Gasteiger partial charge >= 0.3 is 6.09 Å². The second kappa shape index (κ2) is 7.68. The van der Waals surface area contributed by atoms with E-state index in [1.807, 2.05) is 49.9 Å². The van der Waals surface area contributed by atoms with E-state index in [-0.39, 0.29) is 12.1 Å². The quantitative estimate of drug-likeness (QED) is 0.643. The van der Waals surface area contributed by atoms with Gasteiger partial charge in [-0.3, -0.25) is 4.40 Å². The number of aromatic nitrogens is 2. The third-order valence-corrected chi connectivity index (χ3v) is 5.76. The van der Waals surface area contributed by atoms with Gasteiger partial charge in [-0.1, -0.05) is 18.2 Å². The topological polar surface area (TPSA) is 84.9 Å².